The van der Waals surface area contributed by atoms with Crippen LogP contribution in [-0.2, 0) is 4.79 Å². The van der Waals surface area contributed by atoms with E-state index in [4.69, 9.17) is 4.98 Å². The predicted octanol–water partition coefficient (Wildman–Crippen LogP) is 4.19. The van der Waals surface area contributed by atoms with Gasteiger partial charge in [0, 0.05) is 43.2 Å². The zero-order valence-electron chi connectivity index (χ0n) is 20.6. The summed E-state index contributed by atoms with van der Waals surface area (Å²) < 4.78 is 0. The molecule has 1 N–H and O–H groups in total. The molecule has 178 valence electrons. The second kappa shape index (κ2) is 10.3. The van der Waals surface area contributed by atoms with Gasteiger partial charge in [-0.1, -0.05) is 42.0 Å². The van der Waals surface area contributed by atoms with Crippen LogP contribution in [0.25, 0.3) is 22.2 Å². The maximum Gasteiger partial charge on any atom is 0.254 e. The van der Waals surface area contributed by atoms with Crippen molar-refractivity contribution in [3.63, 3.8) is 0 Å². The first-order valence-corrected chi connectivity index (χ1v) is 12.1. The summed E-state index contributed by atoms with van der Waals surface area (Å²) in [5.74, 6) is 0.0612. The fourth-order valence-electron chi connectivity index (χ4n) is 4.66. The molecule has 3 aromatic rings. The molecule has 6 nitrogen and oxygen atoms in total. The molecule has 2 heterocycles. The van der Waals surface area contributed by atoms with Crippen LogP contribution in [0.1, 0.15) is 41.8 Å². The highest BCUT2D eigenvalue weighted by atomic mass is 16.2. The Bertz CT molecular complexity index is 1200. The summed E-state index contributed by atoms with van der Waals surface area (Å²) in [6.45, 7) is 11.2. The number of para-hydroxylation sites is 1. The van der Waals surface area contributed by atoms with Gasteiger partial charge in [-0.15, -0.1) is 0 Å². The van der Waals surface area contributed by atoms with E-state index >= 15 is 0 Å². The van der Waals surface area contributed by atoms with Crippen molar-refractivity contribution >= 4 is 22.7 Å². The SMILES string of the molecule is Cc1ccc(-c2cc(C(=O)N3CCCN(CC(=O)NC(C)C)CC3)c3ccccc3n2)c(C)c1. The Hall–Kier alpha value is -3.25. The zero-order chi connectivity index (χ0) is 24.2. The number of carbonyl (C=O) groups excluding carboxylic acids is 2. The first-order chi connectivity index (χ1) is 16.3. The average molecular weight is 459 g/mol. The number of benzene rings is 2. The molecule has 1 aliphatic rings. The fourth-order valence-corrected chi connectivity index (χ4v) is 4.66. The Morgan fingerprint density at radius 3 is 2.56 bits per heavy atom. The van der Waals surface area contributed by atoms with E-state index in [9.17, 15) is 9.59 Å². The van der Waals surface area contributed by atoms with Gasteiger partial charge >= 0.3 is 0 Å². The van der Waals surface area contributed by atoms with E-state index in [1.165, 1.54) is 5.56 Å². The maximum absolute atomic E-state index is 13.8. The lowest BCUT2D eigenvalue weighted by Gasteiger charge is -2.23. The van der Waals surface area contributed by atoms with E-state index in [1.54, 1.807) is 0 Å². The lowest BCUT2D eigenvalue weighted by atomic mass is 9.99. The second-order valence-electron chi connectivity index (χ2n) is 9.53. The first-order valence-electron chi connectivity index (χ1n) is 12.1. The highest BCUT2D eigenvalue weighted by Crippen LogP contribution is 2.28. The molecule has 0 aliphatic carbocycles. The molecular weight excluding hydrogens is 424 g/mol. The van der Waals surface area contributed by atoms with E-state index in [-0.39, 0.29) is 17.9 Å². The van der Waals surface area contributed by atoms with Gasteiger partial charge in [-0.05, 0) is 51.8 Å². The number of aromatic nitrogens is 1. The topological polar surface area (TPSA) is 65.5 Å². The molecule has 2 aromatic carbocycles. The maximum atomic E-state index is 13.8. The van der Waals surface area contributed by atoms with E-state index in [0.29, 0.717) is 31.7 Å². The van der Waals surface area contributed by atoms with Crippen molar-refractivity contribution in [1.29, 1.82) is 0 Å². The summed E-state index contributed by atoms with van der Waals surface area (Å²) in [6.07, 6.45) is 0.841. The second-order valence-corrected chi connectivity index (χ2v) is 9.53. The van der Waals surface area contributed by atoms with Gasteiger partial charge in [0.15, 0.2) is 0 Å². The van der Waals surface area contributed by atoms with Crippen molar-refractivity contribution in [3.8, 4) is 11.3 Å². The Balaban J connectivity index is 1.60. The van der Waals surface area contributed by atoms with Crippen molar-refractivity contribution in [3.05, 3.63) is 65.2 Å². The van der Waals surface area contributed by atoms with Gasteiger partial charge in [-0.25, -0.2) is 4.98 Å². The molecule has 0 unspecified atom stereocenters. The van der Waals surface area contributed by atoms with Crippen molar-refractivity contribution < 1.29 is 9.59 Å². The predicted molar refractivity (Wildman–Crippen MR) is 137 cm³/mol. The van der Waals surface area contributed by atoms with E-state index in [0.717, 1.165) is 40.7 Å². The summed E-state index contributed by atoms with van der Waals surface area (Å²) >= 11 is 0. The zero-order valence-corrected chi connectivity index (χ0v) is 20.6. The smallest absolute Gasteiger partial charge is 0.254 e. The minimum atomic E-state index is 0.0260. The molecule has 0 bridgehead atoms. The molecule has 6 heteroatoms. The number of rotatable bonds is 5. The van der Waals surface area contributed by atoms with Crippen LogP contribution in [0, 0.1) is 13.8 Å². The number of hydrogen-bond donors (Lipinski definition) is 1. The fraction of sp³-hybridized carbons (Fsp3) is 0.393. The summed E-state index contributed by atoms with van der Waals surface area (Å²) in [6, 6.07) is 16.2. The summed E-state index contributed by atoms with van der Waals surface area (Å²) in [4.78, 5) is 34.9. The largest absolute Gasteiger partial charge is 0.353 e. The Labute approximate surface area is 202 Å². The van der Waals surface area contributed by atoms with Gasteiger partial charge in [0.2, 0.25) is 5.91 Å². The molecule has 34 heavy (non-hydrogen) atoms. The third-order valence-corrected chi connectivity index (χ3v) is 6.30. The summed E-state index contributed by atoms with van der Waals surface area (Å²) in [5, 5.41) is 3.83. The first kappa shape index (κ1) is 23.9. The monoisotopic (exact) mass is 458 g/mol. The Morgan fingerprint density at radius 1 is 1.00 bits per heavy atom. The molecule has 0 radical (unpaired) electrons. The van der Waals surface area contributed by atoms with E-state index in [1.807, 2.05) is 49.1 Å². The molecule has 1 aliphatic heterocycles. The summed E-state index contributed by atoms with van der Waals surface area (Å²) in [7, 11) is 0. The highest BCUT2D eigenvalue weighted by Gasteiger charge is 2.24. The van der Waals surface area contributed by atoms with Gasteiger partial charge in [0.25, 0.3) is 5.91 Å². The normalized spacial score (nSPS) is 14.9. The van der Waals surface area contributed by atoms with Crippen molar-refractivity contribution in [2.24, 2.45) is 0 Å². The molecule has 2 amide bonds. The van der Waals surface area contributed by atoms with Crippen molar-refractivity contribution in [2.75, 3.05) is 32.7 Å². The number of carbonyl (C=O) groups is 2. The van der Waals surface area contributed by atoms with Gasteiger partial charge in [-0.3, -0.25) is 14.5 Å². The van der Waals surface area contributed by atoms with Gasteiger partial charge in [0.1, 0.15) is 0 Å². The van der Waals surface area contributed by atoms with Crippen LogP contribution in [0.15, 0.2) is 48.5 Å². The van der Waals surface area contributed by atoms with Crippen molar-refractivity contribution in [1.82, 2.24) is 20.1 Å². The molecule has 0 spiro atoms. The quantitative estimate of drug-likeness (QED) is 0.623. The number of nitrogens with one attached hydrogen (secondary N) is 1. The lowest BCUT2D eigenvalue weighted by Crippen LogP contribution is -2.42. The van der Waals surface area contributed by atoms with Crippen molar-refractivity contribution in [2.45, 2.75) is 40.2 Å². The van der Waals surface area contributed by atoms with Crippen LogP contribution in [0.2, 0.25) is 0 Å². The minimum Gasteiger partial charge on any atom is -0.353 e. The van der Waals surface area contributed by atoms with E-state index < -0.39 is 0 Å². The number of hydrogen-bond acceptors (Lipinski definition) is 4. The van der Waals surface area contributed by atoms with E-state index in [2.05, 4.69) is 42.3 Å². The molecule has 1 aromatic heterocycles. The molecule has 0 saturated carbocycles. The third-order valence-electron chi connectivity index (χ3n) is 6.30. The minimum absolute atomic E-state index is 0.0260. The summed E-state index contributed by atoms with van der Waals surface area (Å²) in [5.41, 5.74) is 5.72. The van der Waals surface area contributed by atoms with Crippen LogP contribution in [-0.4, -0.2) is 65.4 Å². The average Bonchev–Trinajstić information content (AvgIpc) is 3.03. The van der Waals surface area contributed by atoms with Crippen LogP contribution in [0.5, 0.6) is 0 Å². The Kier molecular flexibility index (Phi) is 7.27. The van der Waals surface area contributed by atoms with Crippen LogP contribution < -0.4 is 5.32 Å². The van der Waals surface area contributed by atoms with Gasteiger partial charge in [-0.2, -0.15) is 0 Å². The van der Waals surface area contributed by atoms with Gasteiger partial charge < -0.3 is 10.2 Å². The lowest BCUT2D eigenvalue weighted by molar-refractivity contribution is -0.122. The molecule has 1 fully saturated rings. The van der Waals surface area contributed by atoms with Gasteiger partial charge in [0.05, 0.1) is 23.3 Å². The Morgan fingerprint density at radius 2 is 1.79 bits per heavy atom. The molecular formula is C28H34N4O2. The van der Waals surface area contributed by atoms with Crippen LogP contribution >= 0.6 is 0 Å². The van der Waals surface area contributed by atoms with Crippen LogP contribution in [0.3, 0.4) is 0 Å². The number of pyridine rings is 1. The molecule has 1 saturated heterocycles. The standard InChI is InChI=1S/C28H34N4O2/c1-19(2)29-27(33)18-31-12-7-13-32(15-14-31)28(34)24-17-26(22-11-10-20(3)16-21(22)4)30-25-9-6-5-8-23(24)25/h5-6,8-11,16-17,19H,7,12-15,18H2,1-4H3,(H,29,33). The highest BCUT2D eigenvalue weighted by molar-refractivity contribution is 6.07. The third kappa shape index (κ3) is 5.45. The number of nitrogens with zero attached hydrogens (tertiary/aromatic N) is 3. The number of amides is 2. The number of fused-ring (bicyclic) bond motifs is 1. The number of aryl methyl sites for hydroxylation is 2. The molecule has 0 atom stereocenters. The molecule has 4 rings (SSSR count). The van der Waals surface area contributed by atoms with Crippen LogP contribution in [0.4, 0.5) is 0 Å².